The Hall–Kier alpha value is -2.43. The van der Waals surface area contributed by atoms with Gasteiger partial charge in [0.2, 0.25) is 0 Å². The second-order valence-corrected chi connectivity index (χ2v) is 7.35. The molecule has 2 aromatic rings. The molecule has 0 spiro atoms. The first-order chi connectivity index (χ1) is 14.2. The highest BCUT2D eigenvalue weighted by molar-refractivity contribution is 5.65. The Morgan fingerprint density at radius 1 is 0.862 bits per heavy atom. The molecule has 2 rings (SSSR count). The van der Waals surface area contributed by atoms with Crippen LogP contribution in [0.5, 0.6) is 5.75 Å². The molecule has 1 aromatic heterocycles. The van der Waals surface area contributed by atoms with E-state index in [0.717, 1.165) is 23.3 Å². The molecular formula is C24H34N2O3. The van der Waals surface area contributed by atoms with Crippen LogP contribution >= 0.6 is 0 Å². The van der Waals surface area contributed by atoms with Crippen LogP contribution in [0.1, 0.15) is 70.8 Å². The van der Waals surface area contributed by atoms with Gasteiger partial charge in [-0.25, -0.2) is 9.97 Å². The lowest BCUT2D eigenvalue weighted by Crippen LogP contribution is -2.03. The van der Waals surface area contributed by atoms with Crippen LogP contribution in [0.3, 0.4) is 0 Å². The van der Waals surface area contributed by atoms with Crippen LogP contribution in [-0.4, -0.2) is 29.2 Å². The highest BCUT2D eigenvalue weighted by Gasteiger charge is 2.03. The van der Waals surface area contributed by atoms with E-state index in [2.05, 4.69) is 16.9 Å². The number of carbonyl (C=O) groups is 1. The van der Waals surface area contributed by atoms with Gasteiger partial charge in [0.1, 0.15) is 0 Å². The molecule has 0 aliphatic rings. The van der Waals surface area contributed by atoms with Crippen LogP contribution in [0.4, 0.5) is 0 Å². The van der Waals surface area contributed by atoms with Crippen molar-refractivity contribution in [2.45, 2.75) is 71.6 Å². The number of hydrogen-bond acceptors (Lipinski definition) is 5. The van der Waals surface area contributed by atoms with E-state index in [4.69, 9.17) is 9.47 Å². The quantitative estimate of drug-likeness (QED) is 0.299. The van der Waals surface area contributed by atoms with Crippen LogP contribution in [0.25, 0.3) is 11.4 Å². The Kier molecular flexibility index (Phi) is 10.8. The van der Waals surface area contributed by atoms with Crippen molar-refractivity contribution in [2.24, 2.45) is 0 Å². The van der Waals surface area contributed by atoms with E-state index in [9.17, 15) is 4.79 Å². The zero-order valence-corrected chi connectivity index (χ0v) is 17.9. The number of benzene rings is 1. The molecular weight excluding hydrogens is 364 g/mol. The predicted molar refractivity (Wildman–Crippen MR) is 116 cm³/mol. The highest BCUT2D eigenvalue weighted by Crippen LogP contribution is 2.18. The van der Waals surface area contributed by atoms with E-state index < -0.39 is 0 Å². The molecule has 5 heteroatoms. The van der Waals surface area contributed by atoms with E-state index in [1.54, 1.807) is 12.4 Å². The van der Waals surface area contributed by atoms with Crippen LogP contribution in [0.2, 0.25) is 0 Å². The van der Waals surface area contributed by atoms with Crippen LogP contribution in [0.15, 0.2) is 36.7 Å². The summed E-state index contributed by atoms with van der Waals surface area (Å²) in [6.07, 6.45) is 14.5. The molecule has 5 nitrogen and oxygen atoms in total. The van der Waals surface area contributed by atoms with Crippen molar-refractivity contribution in [3.05, 3.63) is 42.2 Å². The number of esters is 1. The van der Waals surface area contributed by atoms with E-state index in [-0.39, 0.29) is 5.97 Å². The van der Waals surface area contributed by atoms with Crippen LogP contribution in [0, 0.1) is 0 Å². The summed E-state index contributed by atoms with van der Waals surface area (Å²) < 4.78 is 10.7. The number of unbranched alkanes of at least 4 members (excludes halogenated alkanes) is 7. The maximum Gasteiger partial charge on any atom is 0.302 e. The zero-order valence-electron chi connectivity index (χ0n) is 17.9. The monoisotopic (exact) mass is 398 g/mol. The van der Waals surface area contributed by atoms with Crippen molar-refractivity contribution in [1.82, 2.24) is 9.97 Å². The summed E-state index contributed by atoms with van der Waals surface area (Å²) in [6.45, 7) is 4.79. The summed E-state index contributed by atoms with van der Waals surface area (Å²) >= 11 is 0. The van der Waals surface area contributed by atoms with Gasteiger partial charge in [-0.1, -0.05) is 76.1 Å². The van der Waals surface area contributed by atoms with Crippen molar-refractivity contribution in [3.63, 3.8) is 0 Å². The number of nitrogens with zero attached hydrogens (tertiary/aromatic N) is 2. The predicted octanol–water partition coefficient (Wildman–Crippen LogP) is 5.77. The minimum atomic E-state index is -0.250. The summed E-state index contributed by atoms with van der Waals surface area (Å²) in [5, 5.41) is 0. The lowest BCUT2D eigenvalue weighted by atomic mass is 10.1. The molecule has 0 aliphatic heterocycles. The standard InChI is InChI=1S/C24H34N2O3/c1-3-4-5-6-7-8-9-10-16-29-23-18-25-24(26-19-23)22-13-11-21(12-14-22)15-17-28-20(2)27/h11-14,18-19H,3-10,15-17H2,1-2H3. The average Bonchev–Trinajstić information content (AvgIpc) is 2.73. The maximum absolute atomic E-state index is 10.8. The highest BCUT2D eigenvalue weighted by atomic mass is 16.5. The lowest BCUT2D eigenvalue weighted by Gasteiger charge is -2.07. The zero-order chi connectivity index (χ0) is 20.7. The maximum atomic E-state index is 10.8. The molecule has 0 saturated heterocycles. The van der Waals surface area contributed by atoms with Crippen molar-refractivity contribution in [1.29, 1.82) is 0 Å². The first-order valence-electron chi connectivity index (χ1n) is 10.9. The Bertz CT molecular complexity index is 699. The van der Waals surface area contributed by atoms with Gasteiger partial charge < -0.3 is 9.47 Å². The molecule has 0 N–H and O–H groups in total. The normalized spacial score (nSPS) is 10.7. The molecule has 0 bridgehead atoms. The van der Waals surface area contributed by atoms with E-state index in [1.165, 1.54) is 51.9 Å². The van der Waals surface area contributed by atoms with Crippen LogP contribution in [-0.2, 0) is 16.0 Å². The summed E-state index contributed by atoms with van der Waals surface area (Å²) in [6, 6.07) is 7.99. The van der Waals surface area contributed by atoms with Crippen molar-refractivity contribution >= 4 is 5.97 Å². The second-order valence-electron chi connectivity index (χ2n) is 7.35. The van der Waals surface area contributed by atoms with Gasteiger partial charge in [0.25, 0.3) is 0 Å². The summed E-state index contributed by atoms with van der Waals surface area (Å²) in [4.78, 5) is 19.6. The topological polar surface area (TPSA) is 61.3 Å². The van der Waals surface area contributed by atoms with Gasteiger partial charge in [-0.15, -0.1) is 0 Å². The molecule has 0 amide bonds. The minimum absolute atomic E-state index is 0.250. The molecule has 158 valence electrons. The fourth-order valence-corrected chi connectivity index (χ4v) is 3.10. The van der Waals surface area contributed by atoms with Gasteiger partial charge in [-0.3, -0.25) is 4.79 Å². The SMILES string of the molecule is CCCCCCCCCCOc1cnc(-c2ccc(CCOC(C)=O)cc2)nc1. The minimum Gasteiger partial charge on any atom is -0.490 e. The van der Waals surface area contributed by atoms with Gasteiger partial charge in [0, 0.05) is 18.9 Å². The lowest BCUT2D eigenvalue weighted by molar-refractivity contribution is -0.140. The van der Waals surface area contributed by atoms with Gasteiger partial charge in [-0.05, 0) is 12.0 Å². The summed E-state index contributed by atoms with van der Waals surface area (Å²) in [5.74, 6) is 1.14. The summed E-state index contributed by atoms with van der Waals surface area (Å²) in [5.41, 5.74) is 2.07. The molecule has 0 aliphatic carbocycles. The number of aromatic nitrogens is 2. The number of hydrogen-bond donors (Lipinski definition) is 0. The molecule has 0 atom stereocenters. The molecule has 0 fully saturated rings. The van der Waals surface area contributed by atoms with Gasteiger partial charge in [0.15, 0.2) is 11.6 Å². The Morgan fingerprint density at radius 3 is 2.10 bits per heavy atom. The van der Waals surface area contributed by atoms with E-state index in [0.29, 0.717) is 25.5 Å². The molecule has 1 aromatic carbocycles. The molecule has 1 heterocycles. The third kappa shape index (κ3) is 9.55. The average molecular weight is 399 g/mol. The van der Waals surface area contributed by atoms with Crippen molar-refractivity contribution in [2.75, 3.05) is 13.2 Å². The fourth-order valence-electron chi connectivity index (χ4n) is 3.10. The molecule has 0 unspecified atom stereocenters. The Balaban J connectivity index is 1.67. The summed E-state index contributed by atoms with van der Waals surface area (Å²) in [7, 11) is 0. The van der Waals surface area contributed by atoms with E-state index in [1.807, 2.05) is 24.3 Å². The first-order valence-corrected chi connectivity index (χ1v) is 10.9. The van der Waals surface area contributed by atoms with Gasteiger partial charge >= 0.3 is 5.97 Å². The smallest absolute Gasteiger partial charge is 0.302 e. The number of ether oxygens (including phenoxy) is 2. The molecule has 29 heavy (non-hydrogen) atoms. The third-order valence-corrected chi connectivity index (χ3v) is 4.80. The number of carbonyl (C=O) groups excluding carboxylic acids is 1. The molecule has 0 saturated carbocycles. The number of rotatable bonds is 14. The van der Waals surface area contributed by atoms with Crippen molar-refractivity contribution < 1.29 is 14.3 Å². The second kappa shape index (κ2) is 13.7. The molecule has 0 radical (unpaired) electrons. The van der Waals surface area contributed by atoms with Crippen molar-refractivity contribution in [3.8, 4) is 17.1 Å². The first kappa shape index (κ1) is 22.9. The van der Waals surface area contributed by atoms with Gasteiger partial charge in [0.05, 0.1) is 25.6 Å². The van der Waals surface area contributed by atoms with Gasteiger partial charge in [-0.2, -0.15) is 0 Å². The van der Waals surface area contributed by atoms with Crippen LogP contribution < -0.4 is 4.74 Å². The Morgan fingerprint density at radius 2 is 1.48 bits per heavy atom. The van der Waals surface area contributed by atoms with E-state index >= 15 is 0 Å². The largest absolute Gasteiger partial charge is 0.490 e. The third-order valence-electron chi connectivity index (χ3n) is 4.80. The Labute approximate surface area is 174 Å². The fraction of sp³-hybridized carbons (Fsp3) is 0.542.